The summed E-state index contributed by atoms with van der Waals surface area (Å²) in [6.45, 7) is 9.43. The van der Waals surface area contributed by atoms with Crippen molar-refractivity contribution < 1.29 is 23.8 Å². The zero-order valence-electron chi connectivity index (χ0n) is 19.1. The third-order valence-corrected chi connectivity index (χ3v) is 6.44. The van der Waals surface area contributed by atoms with Crippen molar-refractivity contribution in [1.82, 2.24) is 0 Å². The van der Waals surface area contributed by atoms with E-state index in [4.69, 9.17) is 14.2 Å². The van der Waals surface area contributed by atoms with Crippen LogP contribution >= 0.6 is 0 Å². The molecule has 5 nitrogen and oxygen atoms in total. The molecule has 0 amide bonds. The van der Waals surface area contributed by atoms with Crippen LogP contribution in [0.1, 0.15) is 103 Å². The molecule has 0 N–H and O–H groups in total. The molecule has 1 aliphatic heterocycles. The summed E-state index contributed by atoms with van der Waals surface area (Å²) in [6, 6.07) is 3.96. The van der Waals surface area contributed by atoms with Crippen LogP contribution in [0.4, 0.5) is 0 Å². The van der Waals surface area contributed by atoms with Crippen molar-refractivity contribution in [3.05, 3.63) is 23.3 Å². The molecular formula is C25H36O5. The second kappa shape index (κ2) is 9.51. The SMILES string of the molecule is CCCCCCC(C)(C)c1cc(OC(C)=O)c(C2CCCC3OC32)c(OC(C)=O)c1. The highest BCUT2D eigenvalue weighted by molar-refractivity contribution is 5.73. The van der Waals surface area contributed by atoms with E-state index in [9.17, 15) is 9.59 Å². The maximum absolute atomic E-state index is 11.9. The van der Waals surface area contributed by atoms with Crippen molar-refractivity contribution in [3.63, 3.8) is 0 Å². The van der Waals surface area contributed by atoms with Gasteiger partial charge in [0.1, 0.15) is 11.5 Å². The number of carbonyl (C=O) groups excluding carboxylic acids is 2. The Bertz CT molecular complexity index is 745. The molecule has 3 unspecified atom stereocenters. The number of carbonyl (C=O) groups is 2. The second-order valence-corrected chi connectivity index (χ2v) is 9.44. The van der Waals surface area contributed by atoms with Crippen molar-refractivity contribution in [1.29, 1.82) is 0 Å². The summed E-state index contributed by atoms with van der Waals surface area (Å²) >= 11 is 0. The van der Waals surface area contributed by atoms with E-state index in [1.54, 1.807) is 0 Å². The van der Waals surface area contributed by atoms with Crippen LogP contribution in [-0.4, -0.2) is 24.1 Å². The molecule has 1 saturated carbocycles. The molecule has 3 rings (SSSR count). The first-order valence-corrected chi connectivity index (χ1v) is 11.4. The van der Waals surface area contributed by atoms with Gasteiger partial charge in [0.05, 0.1) is 12.2 Å². The van der Waals surface area contributed by atoms with Crippen molar-refractivity contribution >= 4 is 11.9 Å². The minimum atomic E-state index is -0.369. The highest BCUT2D eigenvalue weighted by Crippen LogP contribution is 2.52. The predicted octanol–water partition coefficient (Wildman–Crippen LogP) is 5.82. The monoisotopic (exact) mass is 416 g/mol. The third-order valence-electron chi connectivity index (χ3n) is 6.44. The summed E-state index contributed by atoms with van der Waals surface area (Å²) in [5, 5.41) is 0. The van der Waals surface area contributed by atoms with E-state index in [1.807, 2.05) is 12.1 Å². The number of esters is 2. The Morgan fingerprint density at radius 1 is 1.03 bits per heavy atom. The zero-order chi connectivity index (χ0) is 21.9. The Morgan fingerprint density at radius 3 is 2.23 bits per heavy atom. The molecule has 1 aromatic rings. The van der Waals surface area contributed by atoms with Crippen molar-refractivity contribution in [3.8, 4) is 11.5 Å². The van der Waals surface area contributed by atoms with E-state index < -0.39 is 0 Å². The molecule has 1 saturated heterocycles. The Hall–Kier alpha value is -1.88. The number of unbranched alkanes of at least 4 members (excludes halogenated alkanes) is 3. The number of hydrogen-bond donors (Lipinski definition) is 0. The summed E-state index contributed by atoms with van der Waals surface area (Å²) in [4.78, 5) is 23.8. The molecule has 2 aliphatic rings. The molecule has 1 heterocycles. The van der Waals surface area contributed by atoms with Crippen molar-refractivity contribution in [2.24, 2.45) is 0 Å². The Morgan fingerprint density at radius 2 is 1.67 bits per heavy atom. The van der Waals surface area contributed by atoms with Gasteiger partial charge in [0.2, 0.25) is 0 Å². The molecule has 30 heavy (non-hydrogen) atoms. The second-order valence-electron chi connectivity index (χ2n) is 9.44. The lowest BCUT2D eigenvalue weighted by atomic mass is 9.77. The van der Waals surface area contributed by atoms with Crippen LogP contribution in [0.3, 0.4) is 0 Å². The van der Waals surface area contributed by atoms with Gasteiger partial charge in [-0.3, -0.25) is 9.59 Å². The number of benzene rings is 1. The number of epoxide rings is 1. The number of rotatable bonds is 9. The Labute approximate surface area is 180 Å². The first-order chi connectivity index (χ1) is 14.2. The summed E-state index contributed by atoms with van der Waals surface area (Å²) in [7, 11) is 0. The van der Waals surface area contributed by atoms with Gasteiger partial charge in [0.25, 0.3) is 0 Å². The average Bonchev–Trinajstić information content (AvgIpc) is 3.44. The van der Waals surface area contributed by atoms with Gasteiger partial charge >= 0.3 is 11.9 Å². The molecule has 1 aromatic carbocycles. The van der Waals surface area contributed by atoms with Crippen LogP contribution in [0, 0.1) is 0 Å². The van der Waals surface area contributed by atoms with Gasteiger partial charge in [-0.05, 0) is 42.4 Å². The maximum atomic E-state index is 11.9. The van der Waals surface area contributed by atoms with Crippen LogP contribution in [0.25, 0.3) is 0 Å². The van der Waals surface area contributed by atoms with Crippen LogP contribution in [0.15, 0.2) is 12.1 Å². The highest BCUT2D eigenvalue weighted by atomic mass is 16.6. The fourth-order valence-corrected chi connectivity index (χ4v) is 4.73. The fraction of sp³-hybridized carbons (Fsp3) is 0.680. The van der Waals surface area contributed by atoms with Crippen LogP contribution in [-0.2, 0) is 19.7 Å². The topological polar surface area (TPSA) is 65.1 Å². The lowest BCUT2D eigenvalue weighted by Gasteiger charge is -2.29. The quantitative estimate of drug-likeness (QED) is 0.220. The van der Waals surface area contributed by atoms with Gasteiger partial charge in [0.15, 0.2) is 0 Å². The largest absolute Gasteiger partial charge is 0.426 e. The van der Waals surface area contributed by atoms with Crippen molar-refractivity contribution in [2.75, 3.05) is 0 Å². The molecule has 0 bridgehead atoms. The minimum absolute atomic E-state index is 0.0779. The van der Waals surface area contributed by atoms with E-state index in [1.165, 1.54) is 33.1 Å². The molecule has 166 valence electrons. The average molecular weight is 417 g/mol. The fourth-order valence-electron chi connectivity index (χ4n) is 4.73. The predicted molar refractivity (Wildman–Crippen MR) is 116 cm³/mol. The minimum Gasteiger partial charge on any atom is -0.426 e. The highest BCUT2D eigenvalue weighted by Gasteiger charge is 2.49. The first-order valence-electron chi connectivity index (χ1n) is 11.4. The molecule has 5 heteroatoms. The summed E-state index contributed by atoms with van der Waals surface area (Å²) < 4.78 is 17.2. The standard InChI is InChI=1S/C25H36O5/c1-6-7-8-9-13-25(4,5)18-14-21(28-16(2)26)23(22(15-18)29-17(3)27)19-11-10-12-20-24(19)30-20/h14-15,19-20,24H,6-13H2,1-5H3. The molecule has 2 fully saturated rings. The van der Waals surface area contributed by atoms with E-state index in [2.05, 4.69) is 20.8 Å². The van der Waals surface area contributed by atoms with E-state index in [-0.39, 0.29) is 35.5 Å². The summed E-state index contributed by atoms with van der Waals surface area (Å²) in [6.07, 6.45) is 9.23. The van der Waals surface area contributed by atoms with Crippen LogP contribution in [0.5, 0.6) is 11.5 Å². The Balaban J connectivity index is 2.00. The molecule has 0 spiro atoms. The smallest absolute Gasteiger partial charge is 0.308 e. The maximum Gasteiger partial charge on any atom is 0.308 e. The van der Waals surface area contributed by atoms with Gasteiger partial charge in [-0.15, -0.1) is 0 Å². The van der Waals surface area contributed by atoms with Gasteiger partial charge < -0.3 is 14.2 Å². The normalized spacial score (nSPS) is 22.9. The van der Waals surface area contributed by atoms with Gasteiger partial charge in [-0.1, -0.05) is 52.9 Å². The lowest BCUT2D eigenvalue weighted by Crippen LogP contribution is -2.21. The zero-order valence-corrected chi connectivity index (χ0v) is 19.1. The van der Waals surface area contributed by atoms with E-state index in [0.717, 1.165) is 43.2 Å². The molecule has 0 aromatic heterocycles. The molecule has 3 atom stereocenters. The number of hydrogen-bond acceptors (Lipinski definition) is 5. The number of fused-ring (bicyclic) bond motifs is 1. The van der Waals surface area contributed by atoms with E-state index >= 15 is 0 Å². The van der Waals surface area contributed by atoms with Crippen molar-refractivity contribution in [2.45, 2.75) is 110 Å². The molecular weight excluding hydrogens is 380 g/mol. The number of ether oxygens (including phenoxy) is 3. The summed E-state index contributed by atoms with van der Waals surface area (Å²) in [5.41, 5.74) is 1.71. The Kier molecular flexibility index (Phi) is 7.22. The third kappa shape index (κ3) is 5.42. The molecule has 1 aliphatic carbocycles. The van der Waals surface area contributed by atoms with Crippen LogP contribution < -0.4 is 9.47 Å². The first kappa shape index (κ1) is 22.8. The van der Waals surface area contributed by atoms with E-state index in [0.29, 0.717) is 11.5 Å². The van der Waals surface area contributed by atoms with Gasteiger partial charge in [-0.25, -0.2) is 0 Å². The van der Waals surface area contributed by atoms with Crippen LogP contribution in [0.2, 0.25) is 0 Å². The summed E-state index contributed by atoms with van der Waals surface area (Å²) in [5.74, 6) is 0.367. The lowest BCUT2D eigenvalue weighted by molar-refractivity contribution is -0.132. The molecule has 0 radical (unpaired) electrons. The van der Waals surface area contributed by atoms with Gasteiger partial charge in [-0.2, -0.15) is 0 Å². The van der Waals surface area contributed by atoms with Gasteiger partial charge in [0, 0.05) is 25.3 Å².